The van der Waals surface area contributed by atoms with E-state index in [1.54, 1.807) is 0 Å². The van der Waals surface area contributed by atoms with Crippen LogP contribution >= 0.6 is 0 Å². The second kappa shape index (κ2) is 8.67. The van der Waals surface area contributed by atoms with E-state index >= 15 is 0 Å². The van der Waals surface area contributed by atoms with Gasteiger partial charge < -0.3 is 0 Å². The Bertz CT molecular complexity index is 891. The molecule has 1 heterocycles. The van der Waals surface area contributed by atoms with Gasteiger partial charge in [0.1, 0.15) is 0 Å². The highest BCUT2D eigenvalue weighted by Gasteiger charge is 2.20. The van der Waals surface area contributed by atoms with Crippen molar-refractivity contribution < 1.29 is 0 Å². The summed E-state index contributed by atoms with van der Waals surface area (Å²) < 4.78 is 0. The molecule has 0 spiro atoms. The number of allylic oxidation sites excluding steroid dienone is 2. The zero-order chi connectivity index (χ0) is 19.2. The highest BCUT2D eigenvalue weighted by molar-refractivity contribution is 5.96. The Morgan fingerprint density at radius 3 is 2.63 bits per heavy atom. The molecule has 0 saturated heterocycles. The van der Waals surface area contributed by atoms with Crippen molar-refractivity contribution in [1.29, 1.82) is 10.9 Å². The molecule has 0 bridgehead atoms. The first-order valence-electron chi connectivity index (χ1n) is 9.44. The minimum atomic E-state index is -0.0105. The minimum Gasteiger partial charge on any atom is -0.281 e. The highest BCUT2D eigenvalue weighted by atomic mass is 15.0. The van der Waals surface area contributed by atoms with Crippen molar-refractivity contribution in [2.75, 3.05) is 0 Å². The number of nitrogens with one attached hydrogen (secondary N) is 2. The lowest BCUT2D eigenvalue weighted by atomic mass is 9.85. The van der Waals surface area contributed by atoms with Crippen LogP contribution in [-0.4, -0.2) is 12.1 Å². The largest absolute Gasteiger partial charge is 0.281 e. The molecule has 2 aromatic carbocycles. The molecule has 0 saturated carbocycles. The molecule has 1 atom stereocenters. The molecule has 1 aliphatic heterocycles. The fourth-order valence-corrected chi connectivity index (χ4v) is 3.54. The molecule has 0 aromatic heterocycles. The van der Waals surface area contributed by atoms with Crippen molar-refractivity contribution in [2.45, 2.75) is 45.4 Å². The van der Waals surface area contributed by atoms with E-state index in [-0.39, 0.29) is 11.8 Å². The second-order valence-corrected chi connectivity index (χ2v) is 7.07. The third-order valence-electron chi connectivity index (χ3n) is 5.29. The Hall–Kier alpha value is -2.88. The third-order valence-corrected chi connectivity index (χ3v) is 5.29. The SMILES string of the molecule is Cc1cccc(C(Cc2ccc(C(=N)N=N)cc2)C2=CCCCC=N2)c1C. The van der Waals surface area contributed by atoms with E-state index in [1.807, 2.05) is 24.3 Å². The normalized spacial score (nSPS) is 15.0. The van der Waals surface area contributed by atoms with Gasteiger partial charge in [0.15, 0.2) is 5.84 Å². The molecule has 1 aliphatic rings. The van der Waals surface area contributed by atoms with Crippen LogP contribution in [-0.2, 0) is 6.42 Å². The summed E-state index contributed by atoms with van der Waals surface area (Å²) in [6.07, 6.45) is 8.46. The molecule has 4 nitrogen and oxygen atoms in total. The monoisotopic (exact) mass is 358 g/mol. The Labute approximate surface area is 161 Å². The van der Waals surface area contributed by atoms with Gasteiger partial charge in [-0.15, -0.1) is 5.11 Å². The lowest BCUT2D eigenvalue weighted by Crippen LogP contribution is -2.09. The van der Waals surface area contributed by atoms with Gasteiger partial charge in [0.05, 0.1) is 0 Å². The van der Waals surface area contributed by atoms with Crippen LogP contribution in [0, 0.1) is 24.8 Å². The summed E-state index contributed by atoms with van der Waals surface area (Å²) in [5, 5.41) is 10.9. The molecule has 4 heteroatoms. The Kier molecular flexibility index (Phi) is 6.07. The molecule has 3 rings (SSSR count). The summed E-state index contributed by atoms with van der Waals surface area (Å²) >= 11 is 0. The van der Waals surface area contributed by atoms with Gasteiger partial charge in [-0.2, -0.15) is 0 Å². The quantitative estimate of drug-likeness (QED) is 0.367. The molecule has 1 unspecified atom stereocenters. The number of benzene rings is 2. The van der Waals surface area contributed by atoms with E-state index in [0.717, 1.165) is 31.4 Å². The number of hydrogen-bond donors (Lipinski definition) is 2. The average Bonchev–Trinajstić information content (AvgIpc) is 2.98. The van der Waals surface area contributed by atoms with Crippen molar-refractivity contribution in [3.63, 3.8) is 0 Å². The molecule has 0 aliphatic carbocycles. The Morgan fingerprint density at radius 1 is 1.11 bits per heavy atom. The maximum atomic E-state index is 7.68. The highest BCUT2D eigenvalue weighted by Crippen LogP contribution is 2.33. The molecule has 0 fully saturated rings. The van der Waals surface area contributed by atoms with Crippen LogP contribution in [0.4, 0.5) is 0 Å². The number of hydrogen-bond acceptors (Lipinski definition) is 3. The van der Waals surface area contributed by atoms with Gasteiger partial charge in [-0.25, -0.2) is 5.53 Å². The minimum absolute atomic E-state index is 0.0105. The van der Waals surface area contributed by atoms with Crippen molar-refractivity contribution in [2.24, 2.45) is 10.1 Å². The number of nitrogens with zero attached hydrogens (tertiary/aromatic N) is 2. The van der Waals surface area contributed by atoms with Gasteiger partial charge in [0.2, 0.25) is 0 Å². The van der Waals surface area contributed by atoms with Gasteiger partial charge in [-0.3, -0.25) is 10.4 Å². The fraction of sp³-hybridized carbons (Fsp3) is 0.304. The van der Waals surface area contributed by atoms with Gasteiger partial charge in [0.25, 0.3) is 0 Å². The molecule has 27 heavy (non-hydrogen) atoms. The molecule has 2 aromatic rings. The van der Waals surface area contributed by atoms with Crippen LogP contribution in [0.2, 0.25) is 0 Å². The van der Waals surface area contributed by atoms with Crippen molar-refractivity contribution in [3.8, 4) is 0 Å². The number of amidine groups is 1. The van der Waals surface area contributed by atoms with Gasteiger partial charge in [0, 0.05) is 23.4 Å². The van der Waals surface area contributed by atoms with E-state index < -0.39 is 0 Å². The summed E-state index contributed by atoms with van der Waals surface area (Å²) in [5.74, 6) is 0.203. The first kappa shape index (κ1) is 18.9. The topological polar surface area (TPSA) is 72.4 Å². The summed E-state index contributed by atoms with van der Waals surface area (Å²) in [5.41, 5.74) is 14.0. The van der Waals surface area contributed by atoms with Crippen LogP contribution in [0.3, 0.4) is 0 Å². The number of rotatable bonds is 5. The molecule has 0 amide bonds. The molecule has 2 N–H and O–H groups in total. The maximum Gasteiger partial charge on any atom is 0.173 e. The summed E-state index contributed by atoms with van der Waals surface area (Å²) in [6, 6.07) is 14.3. The number of aliphatic imine (C=N–C) groups is 1. The van der Waals surface area contributed by atoms with Crippen LogP contribution in [0.15, 0.2) is 64.3 Å². The smallest absolute Gasteiger partial charge is 0.173 e. The zero-order valence-electron chi connectivity index (χ0n) is 16.0. The lowest BCUT2D eigenvalue weighted by Gasteiger charge is -2.21. The van der Waals surface area contributed by atoms with E-state index in [0.29, 0.717) is 5.56 Å². The summed E-state index contributed by atoms with van der Waals surface area (Å²) in [4.78, 5) is 4.79. The molecular weight excluding hydrogens is 332 g/mol. The van der Waals surface area contributed by atoms with Gasteiger partial charge >= 0.3 is 0 Å². The van der Waals surface area contributed by atoms with Gasteiger partial charge in [-0.1, -0.05) is 48.5 Å². The third kappa shape index (κ3) is 4.45. The van der Waals surface area contributed by atoms with E-state index in [2.05, 4.69) is 49.5 Å². The van der Waals surface area contributed by atoms with Crippen LogP contribution in [0.25, 0.3) is 0 Å². The Balaban J connectivity index is 1.97. The zero-order valence-corrected chi connectivity index (χ0v) is 16.0. The van der Waals surface area contributed by atoms with E-state index in [9.17, 15) is 0 Å². The predicted molar refractivity (Wildman–Crippen MR) is 111 cm³/mol. The first-order chi connectivity index (χ1) is 13.1. The molecule has 0 radical (unpaired) electrons. The molecule has 138 valence electrons. The summed E-state index contributed by atoms with van der Waals surface area (Å²) in [6.45, 7) is 4.35. The van der Waals surface area contributed by atoms with Crippen molar-refractivity contribution >= 4 is 12.1 Å². The van der Waals surface area contributed by atoms with Crippen molar-refractivity contribution in [1.82, 2.24) is 0 Å². The van der Waals surface area contributed by atoms with Crippen molar-refractivity contribution in [3.05, 3.63) is 82.1 Å². The van der Waals surface area contributed by atoms with Gasteiger partial charge in [-0.05, 0) is 61.8 Å². The predicted octanol–water partition coefficient (Wildman–Crippen LogP) is 6.12. The van der Waals surface area contributed by atoms with Crippen LogP contribution in [0.5, 0.6) is 0 Å². The summed E-state index contributed by atoms with van der Waals surface area (Å²) in [7, 11) is 0. The lowest BCUT2D eigenvalue weighted by molar-refractivity contribution is 0.763. The van der Waals surface area contributed by atoms with Crippen LogP contribution < -0.4 is 0 Å². The van der Waals surface area contributed by atoms with Crippen LogP contribution in [0.1, 0.15) is 53.0 Å². The second-order valence-electron chi connectivity index (χ2n) is 7.07. The first-order valence-corrected chi connectivity index (χ1v) is 9.44. The van der Waals surface area contributed by atoms with E-state index in [4.69, 9.17) is 15.9 Å². The maximum absolute atomic E-state index is 7.68. The average molecular weight is 358 g/mol. The Morgan fingerprint density at radius 2 is 1.89 bits per heavy atom. The fourth-order valence-electron chi connectivity index (χ4n) is 3.54. The molecular formula is C23H26N4. The standard InChI is InChI=1S/C23H26N4/c1-16-7-6-8-20(17(16)2)21(22-9-4-3-5-14-26-22)15-18-10-12-19(13-11-18)23(24)27-25/h6-14,21,24-25H,3-5,15H2,1-2H3. The van der Waals surface area contributed by atoms with E-state index in [1.165, 1.54) is 22.3 Å². The number of aryl methyl sites for hydroxylation is 1.